The van der Waals surface area contributed by atoms with Crippen molar-refractivity contribution in [2.45, 2.75) is 45.4 Å². The SMILES string of the molecule is CCCNCC1(Cc2ccc(F)cc2Cl)CC2CCC1C2. The van der Waals surface area contributed by atoms with Gasteiger partial charge in [0, 0.05) is 11.6 Å². The van der Waals surface area contributed by atoms with E-state index < -0.39 is 0 Å². The Morgan fingerprint density at radius 1 is 1.38 bits per heavy atom. The van der Waals surface area contributed by atoms with Gasteiger partial charge in [-0.15, -0.1) is 0 Å². The van der Waals surface area contributed by atoms with Crippen LogP contribution in [0.25, 0.3) is 0 Å². The molecule has 3 heteroatoms. The minimum absolute atomic E-state index is 0.241. The van der Waals surface area contributed by atoms with E-state index >= 15 is 0 Å². The van der Waals surface area contributed by atoms with Gasteiger partial charge >= 0.3 is 0 Å². The Hall–Kier alpha value is -0.600. The predicted octanol–water partition coefficient (Wildman–Crippen LogP) is 4.83. The van der Waals surface area contributed by atoms with Crippen molar-refractivity contribution in [1.29, 1.82) is 0 Å². The minimum atomic E-state index is -0.241. The van der Waals surface area contributed by atoms with Gasteiger partial charge in [0.25, 0.3) is 0 Å². The van der Waals surface area contributed by atoms with E-state index in [1.54, 1.807) is 6.07 Å². The highest BCUT2D eigenvalue weighted by Crippen LogP contribution is 2.57. The molecule has 0 aliphatic heterocycles. The average molecular weight is 310 g/mol. The van der Waals surface area contributed by atoms with Gasteiger partial charge in [0.2, 0.25) is 0 Å². The number of fused-ring (bicyclic) bond motifs is 2. The molecule has 1 aromatic rings. The van der Waals surface area contributed by atoms with E-state index in [9.17, 15) is 4.39 Å². The van der Waals surface area contributed by atoms with Crippen molar-refractivity contribution in [2.75, 3.05) is 13.1 Å². The highest BCUT2D eigenvalue weighted by atomic mass is 35.5. The number of hydrogen-bond acceptors (Lipinski definition) is 1. The van der Waals surface area contributed by atoms with Gasteiger partial charge in [0.05, 0.1) is 0 Å². The van der Waals surface area contributed by atoms with Gasteiger partial charge in [0.1, 0.15) is 5.82 Å². The lowest BCUT2D eigenvalue weighted by atomic mass is 9.69. The summed E-state index contributed by atoms with van der Waals surface area (Å²) in [5, 5.41) is 4.23. The van der Waals surface area contributed by atoms with Crippen molar-refractivity contribution in [1.82, 2.24) is 5.32 Å². The molecule has 2 bridgehead atoms. The zero-order valence-corrected chi connectivity index (χ0v) is 13.6. The van der Waals surface area contributed by atoms with Gasteiger partial charge < -0.3 is 5.32 Å². The Morgan fingerprint density at radius 3 is 2.86 bits per heavy atom. The molecule has 0 radical (unpaired) electrons. The quantitative estimate of drug-likeness (QED) is 0.742. The average Bonchev–Trinajstić information content (AvgIpc) is 3.03. The number of hydrogen-bond donors (Lipinski definition) is 1. The summed E-state index contributed by atoms with van der Waals surface area (Å²) in [4.78, 5) is 0. The van der Waals surface area contributed by atoms with E-state index in [0.29, 0.717) is 10.4 Å². The summed E-state index contributed by atoms with van der Waals surface area (Å²) in [5.74, 6) is 1.47. The first-order valence-electron chi connectivity index (χ1n) is 8.27. The van der Waals surface area contributed by atoms with E-state index in [4.69, 9.17) is 11.6 Å². The molecule has 2 aliphatic rings. The molecular weight excluding hydrogens is 285 g/mol. The van der Waals surface area contributed by atoms with Crippen LogP contribution in [-0.2, 0) is 6.42 Å². The highest BCUT2D eigenvalue weighted by Gasteiger charge is 2.50. The molecule has 0 spiro atoms. The van der Waals surface area contributed by atoms with E-state index in [-0.39, 0.29) is 5.82 Å². The third kappa shape index (κ3) is 3.12. The van der Waals surface area contributed by atoms with Crippen LogP contribution in [0.1, 0.15) is 44.6 Å². The second-order valence-corrected chi connectivity index (χ2v) is 7.44. The van der Waals surface area contributed by atoms with E-state index in [1.807, 2.05) is 6.07 Å². The lowest BCUT2D eigenvalue weighted by Crippen LogP contribution is -2.40. The molecule has 1 N–H and O–H groups in total. The molecule has 0 aromatic heterocycles. The van der Waals surface area contributed by atoms with E-state index in [1.165, 1.54) is 38.2 Å². The summed E-state index contributed by atoms with van der Waals surface area (Å²) in [6, 6.07) is 4.88. The fourth-order valence-corrected chi connectivity index (χ4v) is 4.85. The Morgan fingerprint density at radius 2 is 2.24 bits per heavy atom. The number of benzene rings is 1. The molecule has 2 aliphatic carbocycles. The fourth-order valence-electron chi connectivity index (χ4n) is 4.61. The lowest BCUT2D eigenvalue weighted by molar-refractivity contribution is 0.156. The molecule has 21 heavy (non-hydrogen) atoms. The third-order valence-corrected chi connectivity index (χ3v) is 5.92. The van der Waals surface area contributed by atoms with Crippen molar-refractivity contribution in [3.63, 3.8) is 0 Å². The summed E-state index contributed by atoms with van der Waals surface area (Å²) in [6.07, 6.45) is 7.61. The summed E-state index contributed by atoms with van der Waals surface area (Å²) in [7, 11) is 0. The molecule has 1 aromatic carbocycles. The van der Waals surface area contributed by atoms with Crippen LogP contribution in [0.2, 0.25) is 5.02 Å². The van der Waals surface area contributed by atoms with Gasteiger partial charge in [-0.3, -0.25) is 0 Å². The highest BCUT2D eigenvalue weighted by molar-refractivity contribution is 6.31. The summed E-state index contributed by atoms with van der Waals surface area (Å²) < 4.78 is 13.3. The van der Waals surface area contributed by atoms with Crippen LogP contribution in [0.3, 0.4) is 0 Å². The van der Waals surface area contributed by atoms with Crippen molar-refractivity contribution in [2.24, 2.45) is 17.3 Å². The zero-order chi connectivity index (χ0) is 14.9. The number of halogens is 2. The van der Waals surface area contributed by atoms with Gasteiger partial charge in [-0.1, -0.05) is 31.0 Å². The molecule has 0 saturated heterocycles. The van der Waals surface area contributed by atoms with Crippen molar-refractivity contribution in [3.05, 3.63) is 34.6 Å². The first-order valence-corrected chi connectivity index (χ1v) is 8.65. The van der Waals surface area contributed by atoms with Crippen LogP contribution in [0, 0.1) is 23.1 Å². The number of rotatable bonds is 6. The Kier molecular flexibility index (Phi) is 4.56. The van der Waals surface area contributed by atoms with Gasteiger partial charge in [-0.2, -0.15) is 0 Å². The fraction of sp³-hybridized carbons (Fsp3) is 0.667. The zero-order valence-electron chi connectivity index (χ0n) is 12.8. The molecule has 3 atom stereocenters. The smallest absolute Gasteiger partial charge is 0.124 e. The van der Waals surface area contributed by atoms with Crippen LogP contribution in [-0.4, -0.2) is 13.1 Å². The maximum absolute atomic E-state index is 13.3. The monoisotopic (exact) mass is 309 g/mol. The van der Waals surface area contributed by atoms with Gasteiger partial charge in [-0.05, 0) is 73.6 Å². The molecule has 2 saturated carbocycles. The van der Waals surface area contributed by atoms with Crippen LogP contribution in [0.5, 0.6) is 0 Å². The molecule has 1 nitrogen and oxygen atoms in total. The second-order valence-electron chi connectivity index (χ2n) is 7.03. The normalized spacial score (nSPS) is 31.0. The molecule has 3 unspecified atom stereocenters. The standard InChI is InChI=1S/C18H25ClFN/c1-2-7-21-12-18(10-13-3-5-15(18)8-13)11-14-4-6-16(20)9-17(14)19/h4,6,9,13,15,21H,2-3,5,7-8,10-12H2,1H3. The van der Waals surface area contributed by atoms with Gasteiger partial charge in [0.15, 0.2) is 0 Å². The molecule has 0 amide bonds. The summed E-state index contributed by atoms with van der Waals surface area (Å²) >= 11 is 6.27. The van der Waals surface area contributed by atoms with Crippen LogP contribution in [0.4, 0.5) is 4.39 Å². The van der Waals surface area contributed by atoms with Gasteiger partial charge in [-0.25, -0.2) is 4.39 Å². The van der Waals surface area contributed by atoms with Crippen molar-refractivity contribution >= 4 is 11.6 Å². The molecular formula is C18H25ClFN. The van der Waals surface area contributed by atoms with Crippen molar-refractivity contribution < 1.29 is 4.39 Å². The Balaban J connectivity index is 1.79. The van der Waals surface area contributed by atoms with E-state index in [0.717, 1.165) is 36.9 Å². The van der Waals surface area contributed by atoms with Crippen LogP contribution in [0.15, 0.2) is 18.2 Å². The summed E-state index contributed by atoms with van der Waals surface area (Å²) in [6.45, 7) is 4.36. The summed E-state index contributed by atoms with van der Waals surface area (Å²) in [5.41, 5.74) is 1.45. The molecule has 116 valence electrons. The van der Waals surface area contributed by atoms with Crippen LogP contribution >= 0.6 is 11.6 Å². The Labute approximate surface area is 132 Å². The van der Waals surface area contributed by atoms with Crippen molar-refractivity contribution in [3.8, 4) is 0 Å². The number of nitrogens with one attached hydrogen (secondary N) is 1. The molecule has 0 heterocycles. The minimum Gasteiger partial charge on any atom is -0.316 e. The first-order chi connectivity index (χ1) is 10.1. The van der Waals surface area contributed by atoms with E-state index in [2.05, 4.69) is 12.2 Å². The predicted molar refractivity (Wildman–Crippen MR) is 86.2 cm³/mol. The lowest BCUT2D eigenvalue weighted by Gasteiger charge is -2.38. The maximum Gasteiger partial charge on any atom is 0.124 e. The van der Waals surface area contributed by atoms with Crippen LogP contribution < -0.4 is 5.32 Å². The first kappa shape index (κ1) is 15.3. The molecule has 3 rings (SSSR count). The third-order valence-electron chi connectivity index (χ3n) is 5.56. The largest absolute Gasteiger partial charge is 0.316 e. The Bertz CT molecular complexity index is 504. The maximum atomic E-state index is 13.3. The topological polar surface area (TPSA) is 12.0 Å². The second kappa shape index (κ2) is 6.26. The molecule has 2 fully saturated rings.